The van der Waals surface area contributed by atoms with Crippen molar-refractivity contribution in [3.8, 4) is 0 Å². The second kappa shape index (κ2) is 9.61. The van der Waals surface area contributed by atoms with Crippen LogP contribution in [-0.2, 0) is 6.42 Å². The van der Waals surface area contributed by atoms with E-state index in [-0.39, 0.29) is 0 Å². The van der Waals surface area contributed by atoms with Crippen LogP contribution in [0, 0.1) is 0 Å². The largest absolute Gasteiger partial charge is 0.356 e. The smallest absolute Gasteiger partial charge is 0.191 e. The summed E-state index contributed by atoms with van der Waals surface area (Å²) in [7, 11) is 3.90. The van der Waals surface area contributed by atoms with Crippen molar-refractivity contribution in [2.24, 2.45) is 4.99 Å². The van der Waals surface area contributed by atoms with Crippen LogP contribution in [0.5, 0.6) is 0 Å². The fourth-order valence-corrected chi connectivity index (χ4v) is 1.97. The first-order valence-corrected chi connectivity index (χ1v) is 7.41. The molecular formula is C15H25ClN4. The maximum atomic E-state index is 5.96. The van der Waals surface area contributed by atoms with Crippen LogP contribution >= 0.6 is 11.6 Å². The van der Waals surface area contributed by atoms with E-state index in [2.05, 4.69) is 40.6 Å². The monoisotopic (exact) mass is 296 g/mol. The summed E-state index contributed by atoms with van der Waals surface area (Å²) in [5.74, 6) is 0.844. The Kier molecular flexibility index (Phi) is 8.07. The van der Waals surface area contributed by atoms with Crippen LogP contribution in [0.15, 0.2) is 29.3 Å². The number of nitrogens with zero attached hydrogens (tertiary/aromatic N) is 2. The van der Waals surface area contributed by atoms with Gasteiger partial charge in [-0.1, -0.05) is 30.7 Å². The molecular weight excluding hydrogens is 272 g/mol. The van der Waals surface area contributed by atoms with Crippen molar-refractivity contribution in [1.82, 2.24) is 15.5 Å². The van der Waals surface area contributed by atoms with Crippen molar-refractivity contribution in [3.63, 3.8) is 0 Å². The minimum Gasteiger partial charge on any atom is -0.356 e. The molecule has 0 unspecified atom stereocenters. The number of aliphatic imine (C=N–C) groups is 1. The lowest BCUT2D eigenvalue weighted by Crippen LogP contribution is -2.41. The number of halogens is 1. The van der Waals surface area contributed by atoms with Gasteiger partial charge in [-0.2, -0.15) is 0 Å². The Labute approximate surface area is 127 Å². The molecule has 0 aromatic heterocycles. The Bertz CT molecular complexity index is 420. The molecule has 0 aliphatic carbocycles. The van der Waals surface area contributed by atoms with E-state index in [0.29, 0.717) is 0 Å². The van der Waals surface area contributed by atoms with E-state index >= 15 is 0 Å². The Morgan fingerprint density at radius 2 is 2.05 bits per heavy atom. The minimum atomic E-state index is 0.785. The van der Waals surface area contributed by atoms with Gasteiger partial charge in [0, 0.05) is 31.7 Å². The molecule has 112 valence electrons. The highest BCUT2D eigenvalue weighted by molar-refractivity contribution is 6.30. The number of nitrogens with one attached hydrogen (secondary N) is 2. The van der Waals surface area contributed by atoms with E-state index in [0.717, 1.165) is 43.6 Å². The molecule has 2 N–H and O–H groups in total. The SMILES string of the molecule is CCN(C)CCNC(=NC)NCCc1cccc(Cl)c1. The number of rotatable bonds is 7. The van der Waals surface area contributed by atoms with E-state index in [9.17, 15) is 0 Å². The maximum Gasteiger partial charge on any atom is 0.191 e. The molecule has 0 amide bonds. The lowest BCUT2D eigenvalue weighted by molar-refractivity contribution is 0.357. The van der Waals surface area contributed by atoms with Crippen LogP contribution in [0.4, 0.5) is 0 Å². The van der Waals surface area contributed by atoms with Gasteiger partial charge in [0.1, 0.15) is 0 Å². The fourth-order valence-electron chi connectivity index (χ4n) is 1.76. The summed E-state index contributed by atoms with van der Waals surface area (Å²) in [4.78, 5) is 6.47. The molecule has 1 aromatic carbocycles. The lowest BCUT2D eigenvalue weighted by atomic mass is 10.1. The van der Waals surface area contributed by atoms with Gasteiger partial charge in [-0.15, -0.1) is 0 Å². The molecule has 1 aromatic rings. The van der Waals surface area contributed by atoms with Gasteiger partial charge < -0.3 is 15.5 Å². The van der Waals surface area contributed by atoms with Gasteiger partial charge in [0.2, 0.25) is 0 Å². The first-order chi connectivity index (χ1) is 9.65. The molecule has 0 atom stereocenters. The third-order valence-corrected chi connectivity index (χ3v) is 3.38. The number of benzene rings is 1. The molecule has 1 rings (SSSR count). The van der Waals surface area contributed by atoms with Gasteiger partial charge in [0.15, 0.2) is 5.96 Å². The van der Waals surface area contributed by atoms with Crippen molar-refractivity contribution in [1.29, 1.82) is 0 Å². The number of hydrogen-bond acceptors (Lipinski definition) is 2. The first kappa shape index (κ1) is 16.8. The highest BCUT2D eigenvalue weighted by atomic mass is 35.5. The van der Waals surface area contributed by atoms with Crippen molar-refractivity contribution in [2.45, 2.75) is 13.3 Å². The summed E-state index contributed by atoms with van der Waals surface area (Å²) in [6.07, 6.45) is 0.927. The molecule has 4 nitrogen and oxygen atoms in total. The molecule has 0 radical (unpaired) electrons. The van der Waals surface area contributed by atoms with E-state index < -0.39 is 0 Å². The second-order valence-corrected chi connectivity index (χ2v) is 5.14. The van der Waals surface area contributed by atoms with Gasteiger partial charge in [-0.05, 0) is 37.7 Å². The highest BCUT2D eigenvalue weighted by Gasteiger charge is 1.99. The van der Waals surface area contributed by atoms with Gasteiger partial charge >= 0.3 is 0 Å². The van der Waals surface area contributed by atoms with Crippen LogP contribution < -0.4 is 10.6 Å². The van der Waals surface area contributed by atoms with E-state index in [1.165, 1.54) is 5.56 Å². The van der Waals surface area contributed by atoms with Crippen LogP contribution in [0.25, 0.3) is 0 Å². The molecule has 0 spiro atoms. The van der Waals surface area contributed by atoms with E-state index in [4.69, 9.17) is 11.6 Å². The zero-order valence-electron chi connectivity index (χ0n) is 12.6. The van der Waals surface area contributed by atoms with Crippen LogP contribution in [0.3, 0.4) is 0 Å². The summed E-state index contributed by atoms with van der Waals surface area (Å²) >= 11 is 5.96. The number of guanidine groups is 1. The molecule has 0 bridgehead atoms. The van der Waals surface area contributed by atoms with Gasteiger partial charge in [0.25, 0.3) is 0 Å². The standard InChI is InChI=1S/C15H25ClN4/c1-4-20(3)11-10-19-15(17-2)18-9-8-13-6-5-7-14(16)12-13/h5-7,12H,4,8-11H2,1-3H3,(H2,17,18,19). The molecule has 5 heteroatoms. The maximum absolute atomic E-state index is 5.96. The highest BCUT2D eigenvalue weighted by Crippen LogP contribution is 2.10. The molecule has 0 saturated heterocycles. The lowest BCUT2D eigenvalue weighted by Gasteiger charge is -2.16. The van der Waals surface area contributed by atoms with E-state index in [1.54, 1.807) is 7.05 Å². The zero-order chi connectivity index (χ0) is 14.8. The van der Waals surface area contributed by atoms with Crippen LogP contribution in [0.1, 0.15) is 12.5 Å². The summed E-state index contributed by atoms with van der Waals surface area (Å²) in [5.41, 5.74) is 1.23. The number of likely N-dealkylation sites (N-methyl/N-ethyl adjacent to an activating group) is 1. The van der Waals surface area contributed by atoms with Crippen molar-refractivity contribution in [2.75, 3.05) is 40.3 Å². The topological polar surface area (TPSA) is 39.7 Å². The summed E-state index contributed by atoms with van der Waals surface area (Å²) in [6.45, 7) is 5.94. The molecule has 0 heterocycles. The van der Waals surface area contributed by atoms with Gasteiger partial charge in [-0.25, -0.2) is 0 Å². The predicted octanol–water partition coefficient (Wildman–Crippen LogP) is 2.00. The third-order valence-electron chi connectivity index (χ3n) is 3.14. The summed E-state index contributed by atoms with van der Waals surface area (Å²) < 4.78 is 0. The molecule has 0 saturated carbocycles. The first-order valence-electron chi connectivity index (χ1n) is 7.03. The van der Waals surface area contributed by atoms with Crippen LogP contribution in [0.2, 0.25) is 5.02 Å². The molecule has 20 heavy (non-hydrogen) atoms. The average Bonchev–Trinajstić information content (AvgIpc) is 2.45. The Hall–Kier alpha value is -1.26. The Balaban J connectivity index is 2.25. The quantitative estimate of drug-likeness (QED) is 0.597. The van der Waals surface area contributed by atoms with Gasteiger partial charge in [0.05, 0.1) is 0 Å². The zero-order valence-corrected chi connectivity index (χ0v) is 13.4. The third kappa shape index (κ3) is 6.78. The molecule has 0 aliphatic rings. The summed E-state index contributed by atoms with van der Waals surface area (Å²) in [6, 6.07) is 7.95. The van der Waals surface area contributed by atoms with Crippen molar-refractivity contribution in [3.05, 3.63) is 34.9 Å². The molecule has 0 aliphatic heterocycles. The van der Waals surface area contributed by atoms with E-state index in [1.807, 2.05) is 18.2 Å². The van der Waals surface area contributed by atoms with Crippen LogP contribution in [-0.4, -0.2) is 51.1 Å². The molecule has 0 fully saturated rings. The summed E-state index contributed by atoms with van der Waals surface area (Å²) in [5, 5.41) is 7.39. The predicted molar refractivity (Wildman–Crippen MR) is 87.7 cm³/mol. The Morgan fingerprint density at radius 1 is 1.30 bits per heavy atom. The van der Waals surface area contributed by atoms with Gasteiger partial charge in [-0.3, -0.25) is 4.99 Å². The van der Waals surface area contributed by atoms with Crippen molar-refractivity contribution >= 4 is 17.6 Å². The fraction of sp³-hybridized carbons (Fsp3) is 0.533. The average molecular weight is 297 g/mol. The minimum absolute atomic E-state index is 0.785. The van der Waals surface area contributed by atoms with Crippen molar-refractivity contribution < 1.29 is 0 Å². The number of hydrogen-bond donors (Lipinski definition) is 2. The Morgan fingerprint density at radius 3 is 2.70 bits per heavy atom. The second-order valence-electron chi connectivity index (χ2n) is 4.70. The normalized spacial score (nSPS) is 11.8.